The first-order chi connectivity index (χ1) is 5.35. The molecule has 58 valence electrons. The molecule has 0 aromatic carbocycles. The number of hydrogen-bond acceptors (Lipinski definition) is 4. The van der Waals surface area contributed by atoms with Crippen LogP contribution in [0.2, 0.25) is 0 Å². The predicted octanol–water partition coefficient (Wildman–Crippen LogP) is 1.82. The Bertz CT molecular complexity index is 299. The summed E-state index contributed by atoms with van der Waals surface area (Å²) in [5.41, 5.74) is 2.60. The molecule has 2 rings (SSSR count). The van der Waals surface area contributed by atoms with Crippen LogP contribution in [0.15, 0.2) is 10.2 Å². The zero-order valence-corrected chi connectivity index (χ0v) is 8.05. The molecule has 0 unspecified atom stereocenters. The quantitative estimate of drug-likeness (QED) is 0.404. The molecule has 0 bridgehead atoms. The normalized spacial score (nSPS) is 12.9. The molecule has 4 heteroatoms. The fraction of sp³-hybridized carbons (Fsp3) is 0.429. The third-order valence-corrected chi connectivity index (χ3v) is 2.90. The summed E-state index contributed by atoms with van der Waals surface area (Å²) in [5.74, 6) is 0. The lowest BCUT2D eigenvalue weighted by Crippen LogP contribution is -1.85. The van der Waals surface area contributed by atoms with Crippen LogP contribution in [0.5, 0.6) is 0 Å². The molecule has 1 aliphatic rings. The second-order valence-electron chi connectivity index (χ2n) is 2.32. The molecule has 2 nitrogen and oxygen atoms in total. The average Bonchev–Trinajstić information content (AvgIpc) is 2.80. The van der Waals surface area contributed by atoms with E-state index in [1.165, 1.54) is 16.3 Å². The van der Waals surface area contributed by atoms with Crippen LogP contribution in [-0.2, 0) is 6.42 Å². The van der Waals surface area contributed by atoms with E-state index in [9.17, 15) is 0 Å². The minimum atomic E-state index is 0.908. The van der Waals surface area contributed by atoms with Gasteiger partial charge in [-0.1, -0.05) is 11.8 Å². The van der Waals surface area contributed by atoms with Crippen molar-refractivity contribution in [3.8, 4) is 0 Å². The second-order valence-corrected chi connectivity index (χ2v) is 3.89. The van der Waals surface area contributed by atoms with Crippen molar-refractivity contribution in [1.82, 2.24) is 9.97 Å². The van der Waals surface area contributed by atoms with Crippen LogP contribution in [0.25, 0.3) is 0 Å². The second kappa shape index (κ2) is 2.68. The van der Waals surface area contributed by atoms with Crippen LogP contribution in [0.4, 0.5) is 0 Å². The number of fused-ring (bicyclic) bond motifs is 1. The lowest BCUT2D eigenvalue weighted by molar-refractivity contribution is 0.907. The van der Waals surface area contributed by atoms with Gasteiger partial charge in [0, 0.05) is 12.0 Å². The summed E-state index contributed by atoms with van der Waals surface area (Å²) in [7, 11) is 0. The molecule has 0 radical (unpaired) electrons. The zero-order valence-electron chi connectivity index (χ0n) is 6.42. The topological polar surface area (TPSA) is 25.8 Å². The Morgan fingerprint density at radius 3 is 2.64 bits per heavy atom. The zero-order chi connectivity index (χ0) is 7.84. The third kappa shape index (κ3) is 1.25. The summed E-state index contributed by atoms with van der Waals surface area (Å²) in [4.78, 5) is 8.71. The first-order valence-electron chi connectivity index (χ1n) is 3.33. The summed E-state index contributed by atoms with van der Waals surface area (Å²) in [5, 5.41) is 2.07. The molecule has 0 saturated heterocycles. The van der Waals surface area contributed by atoms with Crippen LogP contribution in [-0.4, -0.2) is 22.5 Å². The summed E-state index contributed by atoms with van der Waals surface area (Å²) < 4.78 is 0. The standard InChI is InChI=1S/C7H8N2S2/c1-10-6-4-3-5(4)8-7(9-6)11-2/h3H2,1-2H3. The van der Waals surface area contributed by atoms with E-state index in [1.54, 1.807) is 23.5 Å². The molecule has 0 spiro atoms. The lowest BCUT2D eigenvalue weighted by Gasteiger charge is -1.95. The van der Waals surface area contributed by atoms with Crippen molar-refractivity contribution in [2.24, 2.45) is 0 Å². The summed E-state index contributed by atoms with van der Waals surface area (Å²) >= 11 is 3.32. The van der Waals surface area contributed by atoms with Gasteiger partial charge in [0.05, 0.1) is 5.69 Å². The molecule has 1 aliphatic carbocycles. The third-order valence-electron chi connectivity index (χ3n) is 1.63. The van der Waals surface area contributed by atoms with Gasteiger partial charge in [0.2, 0.25) is 0 Å². The van der Waals surface area contributed by atoms with E-state index in [0.717, 1.165) is 11.6 Å². The van der Waals surface area contributed by atoms with E-state index < -0.39 is 0 Å². The minimum absolute atomic E-state index is 0.908. The lowest BCUT2D eigenvalue weighted by atomic mass is 10.6. The Kier molecular flexibility index (Phi) is 1.81. The maximum atomic E-state index is 4.38. The molecule has 1 heterocycles. The number of thioether (sulfide) groups is 2. The molecule has 1 aromatic rings. The van der Waals surface area contributed by atoms with Gasteiger partial charge >= 0.3 is 0 Å². The first-order valence-corrected chi connectivity index (χ1v) is 5.78. The highest BCUT2D eigenvalue weighted by Crippen LogP contribution is 2.34. The highest BCUT2D eigenvalue weighted by atomic mass is 32.2. The van der Waals surface area contributed by atoms with Gasteiger partial charge in [-0.3, -0.25) is 0 Å². The summed E-state index contributed by atoms with van der Waals surface area (Å²) in [6, 6.07) is 0. The van der Waals surface area contributed by atoms with E-state index >= 15 is 0 Å². The van der Waals surface area contributed by atoms with Crippen LogP contribution >= 0.6 is 23.5 Å². The fourth-order valence-corrected chi connectivity index (χ4v) is 2.04. The first kappa shape index (κ1) is 7.43. The van der Waals surface area contributed by atoms with Gasteiger partial charge in [0.25, 0.3) is 0 Å². The molecule has 0 amide bonds. The highest BCUT2D eigenvalue weighted by molar-refractivity contribution is 7.99. The molecule has 0 atom stereocenters. The smallest absolute Gasteiger partial charge is 0.188 e. The van der Waals surface area contributed by atoms with Gasteiger partial charge in [-0.05, 0) is 12.5 Å². The maximum absolute atomic E-state index is 4.38. The number of rotatable bonds is 2. The molecular formula is C7H8N2S2. The van der Waals surface area contributed by atoms with Crippen LogP contribution in [0.1, 0.15) is 11.3 Å². The Morgan fingerprint density at radius 2 is 2.00 bits per heavy atom. The molecule has 11 heavy (non-hydrogen) atoms. The van der Waals surface area contributed by atoms with Crippen molar-refractivity contribution in [3.05, 3.63) is 11.3 Å². The van der Waals surface area contributed by atoms with Crippen LogP contribution in [0.3, 0.4) is 0 Å². The highest BCUT2D eigenvalue weighted by Gasteiger charge is 2.24. The Morgan fingerprint density at radius 1 is 1.18 bits per heavy atom. The van der Waals surface area contributed by atoms with E-state index in [-0.39, 0.29) is 0 Å². The number of nitrogens with zero attached hydrogens (tertiary/aromatic N) is 2. The molecule has 0 aliphatic heterocycles. The van der Waals surface area contributed by atoms with Crippen LogP contribution < -0.4 is 0 Å². The Labute approximate surface area is 74.2 Å². The Balaban J connectivity index is 2.43. The summed E-state index contributed by atoms with van der Waals surface area (Å²) in [6.07, 6.45) is 5.13. The SMILES string of the molecule is CSc1nc2c(c(SC)n1)C2. The Hall–Kier alpha value is -0.220. The van der Waals surface area contributed by atoms with Crippen molar-refractivity contribution in [1.29, 1.82) is 0 Å². The predicted molar refractivity (Wildman–Crippen MR) is 48.4 cm³/mol. The monoisotopic (exact) mass is 184 g/mol. The van der Waals surface area contributed by atoms with Gasteiger partial charge in [-0.2, -0.15) is 0 Å². The molecule has 0 saturated carbocycles. The molecule has 0 fully saturated rings. The number of aromatic nitrogens is 2. The van der Waals surface area contributed by atoms with E-state index in [1.807, 2.05) is 6.26 Å². The van der Waals surface area contributed by atoms with Crippen molar-refractivity contribution >= 4 is 23.5 Å². The van der Waals surface area contributed by atoms with Gasteiger partial charge < -0.3 is 0 Å². The fourth-order valence-electron chi connectivity index (χ4n) is 0.984. The summed E-state index contributed by atoms with van der Waals surface area (Å²) in [6.45, 7) is 0. The maximum Gasteiger partial charge on any atom is 0.188 e. The number of hydrogen-bond donors (Lipinski definition) is 0. The van der Waals surface area contributed by atoms with Crippen molar-refractivity contribution < 1.29 is 0 Å². The molecular weight excluding hydrogens is 176 g/mol. The van der Waals surface area contributed by atoms with Gasteiger partial charge in [-0.25, -0.2) is 9.97 Å². The largest absolute Gasteiger partial charge is 0.227 e. The van der Waals surface area contributed by atoms with Crippen molar-refractivity contribution in [3.63, 3.8) is 0 Å². The van der Waals surface area contributed by atoms with Crippen molar-refractivity contribution in [2.45, 2.75) is 16.6 Å². The van der Waals surface area contributed by atoms with E-state index in [4.69, 9.17) is 0 Å². The minimum Gasteiger partial charge on any atom is -0.227 e. The van der Waals surface area contributed by atoms with E-state index in [0.29, 0.717) is 0 Å². The average molecular weight is 184 g/mol. The molecule has 1 aromatic heterocycles. The van der Waals surface area contributed by atoms with Gasteiger partial charge in [0.1, 0.15) is 5.03 Å². The van der Waals surface area contributed by atoms with Crippen LogP contribution in [0, 0.1) is 0 Å². The van der Waals surface area contributed by atoms with Gasteiger partial charge in [0.15, 0.2) is 5.16 Å². The van der Waals surface area contributed by atoms with Crippen molar-refractivity contribution in [2.75, 3.05) is 12.5 Å². The van der Waals surface area contributed by atoms with E-state index in [2.05, 4.69) is 16.2 Å². The molecule has 0 N–H and O–H groups in total. The van der Waals surface area contributed by atoms with Gasteiger partial charge in [-0.15, -0.1) is 11.8 Å².